The van der Waals surface area contributed by atoms with Gasteiger partial charge in [-0.2, -0.15) is 0 Å². The van der Waals surface area contributed by atoms with Crippen LogP contribution >= 0.6 is 0 Å². The van der Waals surface area contributed by atoms with Gasteiger partial charge in [-0.25, -0.2) is 0 Å². The molecule has 0 rings (SSSR count). The van der Waals surface area contributed by atoms with E-state index in [1.54, 1.807) is 0 Å². The van der Waals surface area contributed by atoms with E-state index in [0.29, 0.717) is 0 Å². The Hall–Kier alpha value is 1.16. The monoisotopic (exact) mass is 278 g/mol. The van der Waals surface area contributed by atoms with E-state index in [9.17, 15) is 0 Å². The average molecular weight is 280 g/mol. The molecule has 0 aromatic heterocycles. The Bertz CT molecular complexity index is 46.9. The molecule has 5 heteroatoms. The molecule has 0 aliphatic carbocycles. The molecule has 0 aromatic carbocycles. The summed E-state index contributed by atoms with van der Waals surface area (Å²) in [6.45, 7) is 1.03. The zero-order valence-corrected chi connectivity index (χ0v) is 9.74. The van der Waals surface area contributed by atoms with E-state index < -0.39 is 0 Å². The molecule has 0 fully saturated rings. The fraction of sp³-hybridized carbons (Fsp3) is 1.00. The van der Waals surface area contributed by atoms with Crippen LogP contribution in [0.15, 0.2) is 0 Å². The van der Waals surface area contributed by atoms with Crippen molar-refractivity contribution >= 4 is 0 Å². The topological polar surface area (TPSA) is 6.48 Å². The van der Waals surface area contributed by atoms with E-state index >= 15 is 0 Å². The maximum Gasteiger partial charge on any atom is 2.00 e. The Morgan fingerprint density at radius 3 is 1.00 bits per heavy atom. The number of hydrogen-bond donors (Lipinski definition) is 0. The summed E-state index contributed by atoms with van der Waals surface area (Å²) in [5.41, 5.74) is 0. The zero-order valence-electron chi connectivity index (χ0n) is 6.67. The first kappa shape index (κ1) is 22.5. The zero-order chi connectivity index (χ0) is 5.86. The van der Waals surface area contributed by atoms with Crippen LogP contribution in [0.2, 0.25) is 0 Å². The van der Waals surface area contributed by atoms with Crippen molar-refractivity contribution in [3.63, 3.8) is 0 Å². The Morgan fingerprint density at radius 1 is 0.800 bits per heavy atom. The third kappa shape index (κ3) is 22.9. The van der Waals surface area contributed by atoms with Crippen LogP contribution in [0.3, 0.4) is 0 Å². The smallest absolute Gasteiger partial charge is 1.00 e. The summed E-state index contributed by atoms with van der Waals surface area (Å²) in [5, 5.41) is 0. The third-order valence-corrected chi connectivity index (χ3v) is 0.566. The SMILES string of the molecule is CN(C)CN(C)C.[Cl-].[Cl-].[Pd+2]. The molecule has 0 amide bonds. The average Bonchev–Trinajstić information content (AvgIpc) is 1.27. The van der Waals surface area contributed by atoms with E-state index in [-0.39, 0.29) is 45.2 Å². The molecule has 0 saturated heterocycles. The van der Waals surface area contributed by atoms with Crippen LogP contribution in [0.4, 0.5) is 0 Å². The van der Waals surface area contributed by atoms with Crippen LogP contribution in [0.25, 0.3) is 0 Å². The molecule has 0 spiro atoms. The molecule has 0 unspecified atom stereocenters. The maximum absolute atomic E-state index is 2.12. The molecule has 0 aliphatic rings. The Morgan fingerprint density at radius 2 is 1.00 bits per heavy atom. The van der Waals surface area contributed by atoms with E-state index in [4.69, 9.17) is 0 Å². The van der Waals surface area contributed by atoms with Crippen molar-refractivity contribution in [2.45, 2.75) is 0 Å². The van der Waals surface area contributed by atoms with Crippen LogP contribution in [0, 0.1) is 0 Å². The van der Waals surface area contributed by atoms with Gasteiger partial charge in [0.1, 0.15) is 0 Å². The van der Waals surface area contributed by atoms with Gasteiger partial charge >= 0.3 is 20.4 Å². The van der Waals surface area contributed by atoms with Crippen molar-refractivity contribution < 1.29 is 45.2 Å². The third-order valence-electron chi connectivity index (χ3n) is 0.566. The number of nitrogens with zero attached hydrogens (tertiary/aromatic N) is 2. The molecular weight excluding hydrogens is 265 g/mol. The second-order valence-electron chi connectivity index (χ2n) is 2.30. The Kier molecular flexibility index (Phi) is 28.8. The van der Waals surface area contributed by atoms with E-state index in [1.807, 2.05) is 0 Å². The molecule has 0 atom stereocenters. The minimum Gasteiger partial charge on any atom is -1.00 e. The number of rotatable bonds is 2. The van der Waals surface area contributed by atoms with Crippen LogP contribution in [0.5, 0.6) is 0 Å². The standard InChI is InChI=1S/C5H14N2.2ClH.Pd/c1-6(2)5-7(3)4;;;/h5H2,1-4H3;2*1H;/q;;;+2/p-2. The minimum atomic E-state index is 0. The summed E-state index contributed by atoms with van der Waals surface area (Å²) in [7, 11) is 8.22. The minimum absolute atomic E-state index is 0. The van der Waals surface area contributed by atoms with Crippen LogP contribution < -0.4 is 24.8 Å². The fourth-order valence-electron chi connectivity index (χ4n) is 0.566. The van der Waals surface area contributed by atoms with Gasteiger partial charge in [0.2, 0.25) is 0 Å². The summed E-state index contributed by atoms with van der Waals surface area (Å²) in [6.07, 6.45) is 0. The molecule has 0 aliphatic heterocycles. The molecular formula is C5H14Cl2N2Pd. The van der Waals surface area contributed by atoms with E-state index in [0.717, 1.165) is 6.67 Å². The molecule has 0 heterocycles. The van der Waals surface area contributed by atoms with Crippen LogP contribution in [0.1, 0.15) is 0 Å². The molecule has 2 nitrogen and oxygen atoms in total. The maximum atomic E-state index is 2.12. The van der Waals surface area contributed by atoms with Gasteiger partial charge < -0.3 is 24.8 Å². The molecule has 68 valence electrons. The molecule has 0 aromatic rings. The fourth-order valence-corrected chi connectivity index (χ4v) is 0.566. The van der Waals surface area contributed by atoms with Gasteiger partial charge in [-0.05, 0) is 28.2 Å². The van der Waals surface area contributed by atoms with E-state index in [1.165, 1.54) is 0 Å². The predicted octanol–water partition coefficient (Wildman–Crippen LogP) is -5.93. The Balaban J connectivity index is -0.0000000600. The van der Waals surface area contributed by atoms with Gasteiger partial charge in [-0.15, -0.1) is 0 Å². The molecule has 0 radical (unpaired) electrons. The number of hydrogen-bond acceptors (Lipinski definition) is 2. The largest absolute Gasteiger partial charge is 2.00 e. The Labute approximate surface area is 89.8 Å². The van der Waals surface area contributed by atoms with Crippen molar-refractivity contribution in [1.82, 2.24) is 9.80 Å². The summed E-state index contributed by atoms with van der Waals surface area (Å²) in [6, 6.07) is 0. The first-order chi connectivity index (χ1) is 3.13. The normalized spacial score (nSPS) is 7.80. The summed E-state index contributed by atoms with van der Waals surface area (Å²) in [5.74, 6) is 0. The van der Waals surface area contributed by atoms with Crippen molar-refractivity contribution in [3.05, 3.63) is 0 Å². The van der Waals surface area contributed by atoms with Gasteiger partial charge in [0.15, 0.2) is 0 Å². The summed E-state index contributed by atoms with van der Waals surface area (Å²) >= 11 is 0. The first-order valence-electron chi connectivity index (χ1n) is 2.42. The summed E-state index contributed by atoms with van der Waals surface area (Å²) < 4.78 is 0. The van der Waals surface area contributed by atoms with Gasteiger partial charge in [-0.3, -0.25) is 9.80 Å². The van der Waals surface area contributed by atoms with Crippen molar-refractivity contribution in [2.75, 3.05) is 34.9 Å². The molecule has 0 saturated carbocycles. The second-order valence-corrected chi connectivity index (χ2v) is 2.30. The second kappa shape index (κ2) is 12.8. The van der Waals surface area contributed by atoms with Crippen molar-refractivity contribution in [3.8, 4) is 0 Å². The van der Waals surface area contributed by atoms with Gasteiger partial charge in [-0.1, -0.05) is 0 Å². The van der Waals surface area contributed by atoms with Crippen LogP contribution in [-0.4, -0.2) is 44.7 Å². The first-order valence-corrected chi connectivity index (χ1v) is 2.42. The van der Waals surface area contributed by atoms with Gasteiger partial charge in [0, 0.05) is 6.67 Å². The number of halogens is 2. The van der Waals surface area contributed by atoms with E-state index in [2.05, 4.69) is 38.0 Å². The summed E-state index contributed by atoms with van der Waals surface area (Å²) in [4.78, 5) is 4.25. The van der Waals surface area contributed by atoms with Crippen molar-refractivity contribution in [1.29, 1.82) is 0 Å². The van der Waals surface area contributed by atoms with Gasteiger partial charge in [0.25, 0.3) is 0 Å². The predicted molar refractivity (Wildman–Crippen MR) is 32.2 cm³/mol. The van der Waals surface area contributed by atoms with Crippen LogP contribution in [-0.2, 0) is 20.4 Å². The molecule has 10 heavy (non-hydrogen) atoms. The van der Waals surface area contributed by atoms with Gasteiger partial charge in [0.05, 0.1) is 0 Å². The van der Waals surface area contributed by atoms with Crippen molar-refractivity contribution in [2.24, 2.45) is 0 Å². The molecule has 0 bridgehead atoms. The quantitative estimate of drug-likeness (QED) is 0.367. The molecule has 0 N–H and O–H groups in total.